The molecule has 2 saturated heterocycles. The van der Waals surface area contributed by atoms with E-state index in [2.05, 4.69) is 26.6 Å². The lowest BCUT2D eigenvalue weighted by Gasteiger charge is -2.38. The van der Waals surface area contributed by atoms with Crippen LogP contribution in [0.15, 0.2) is 17.6 Å². The van der Waals surface area contributed by atoms with Crippen molar-refractivity contribution >= 4 is 49.8 Å². The highest BCUT2D eigenvalue weighted by Crippen LogP contribution is 2.37. The van der Waals surface area contributed by atoms with E-state index in [9.17, 15) is 5.11 Å². The van der Waals surface area contributed by atoms with E-state index in [-0.39, 0.29) is 6.61 Å². The van der Waals surface area contributed by atoms with Gasteiger partial charge in [0.1, 0.15) is 10.6 Å². The van der Waals surface area contributed by atoms with Crippen molar-refractivity contribution in [2.45, 2.75) is 56.8 Å². The van der Waals surface area contributed by atoms with Crippen molar-refractivity contribution in [1.82, 2.24) is 19.9 Å². The minimum atomic E-state index is -0.0147. The van der Waals surface area contributed by atoms with Crippen LogP contribution >= 0.6 is 22.7 Å². The first kappa shape index (κ1) is 19.6. The molecule has 0 saturated carbocycles. The third-order valence-electron chi connectivity index (χ3n) is 5.96. The van der Waals surface area contributed by atoms with Gasteiger partial charge in [-0.1, -0.05) is 11.3 Å². The molecular weight excluding hydrogens is 418 g/mol. The van der Waals surface area contributed by atoms with Gasteiger partial charge in [0.05, 0.1) is 22.9 Å². The molecule has 2 aliphatic heterocycles. The largest absolute Gasteiger partial charge is 0.391 e. The van der Waals surface area contributed by atoms with Gasteiger partial charge in [-0.25, -0.2) is 9.97 Å². The van der Waals surface area contributed by atoms with Crippen LogP contribution in [0.4, 0.5) is 16.9 Å². The van der Waals surface area contributed by atoms with E-state index >= 15 is 0 Å². The molecule has 3 atom stereocenters. The van der Waals surface area contributed by atoms with Crippen molar-refractivity contribution in [3.63, 3.8) is 0 Å². The monoisotopic (exact) mass is 441 g/mol. The molecule has 0 radical (unpaired) electrons. The number of nitriles is 1. The molecular formula is C20H23N7OS2. The zero-order valence-electron chi connectivity index (χ0n) is 16.4. The number of aliphatic hydroxyl groups excluding tert-OH is 1. The molecule has 0 unspecified atom stereocenters. The highest BCUT2D eigenvalue weighted by Gasteiger charge is 2.40. The van der Waals surface area contributed by atoms with Crippen LogP contribution in [-0.4, -0.2) is 49.6 Å². The van der Waals surface area contributed by atoms with Gasteiger partial charge < -0.3 is 15.7 Å². The number of hydrogen-bond donors (Lipinski definition) is 3. The molecule has 0 aliphatic carbocycles. The number of hydrogen-bond acceptors (Lipinski definition) is 10. The number of aromatic nitrogens is 3. The molecule has 2 bridgehead atoms. The third kappa shape index (κ3) is 3.86. The molecule has 0 amide bonds. The number of fused-ring (bicyclic) bond motifs is 3. The number of nitrogens with zero attached hydrogens (tertiary/aromatic N) is 5. The number of thiophene rings is 1. The molecule has 3 N–H and O–H groups in total. The Morgan fingerprint density at radius 2 is 2.10 bits per heavy atom. The van der Waals surface area contributed by atoms with Gasteiger partial charge in [-0.15, -0.1) is 11.3 Å². The third-order valence-corrected chi connectivity index (χ3v) is 7.66. The van der Waals surface area contributed by atoms with Gasteiger partial charge >= 0.3 is 0 Å². The summed E-state index contributed by atoms with van der Waals surface area (Å²) in [5.74, 6) is 1.37. The number of anilines is 3. The summed E-state index contributed by atoms with van der Waals surface area (Å²) in [6.07, 6.45) is 6.82. The maximum atomic E-state index is 9.29. The number of aliphatic hydroxyl groups is 1. The highest BCUT2D eigenvalue weighted by molar-refractivity contribution is 7.17. The number of piperidine rings is 1. The second kappa shape index (κ2) is 8.43. The van der Waals surface area contributed by atoms with Crippen LogP contribution in [0.1, 0.15) is 37.0 Å². The number of nitrogens with one attached hydrogen (secondary N) is 2. The van der Waals surface area contributed by atoms with Gasteiger partial charge in [-0.05, 0) is 37.1 Å². The van der Waals surface area contributed by atoms with Gasteiger partial charge in [0, 0.05) is 37.3 Å². The number of thiazole rings is 1. The van der Waals surface area contributed by atoms with E-state index < -0.39 is 0 Å². The average molecular weight is 442 g/mol. The van der Waals surface area contributed by atoms with Gasteiger partial charge in [0.25, 0.3) is 0 Å². The summed E-state index contributed by atoms with van der Waals surface area (Å²) in [5, 5.41) is 28.8. The van der Waals surface area contributed by atoms with Crippen molar-refractivity contribution in [1.29, 1.82) is 5.26 Å². The summed E-state index contributed by atoms with van der Waals surface area (Å²) >= 11 is 3.01. The molecule has 2 fully saturated rings. The average Bonchev–Trinajstić information content (AvgIpc) is 3.45. The van der Waals surface area contributed by atoms with Gasteiger partial charge in [0.15, 0.2) is 5.13 Å². The van der Waals surface area contributed by atoms with Crippen molar-refractivity contribution < 1.29 is 5.11 Å². The second-order valence-electron chi connectivity index (χ2n) is 7.79. The second-order valence-corrected chi connectivity index (χ2v) is 9.80. The lowest BCUT2D eigenvalue weighted by molar-refractivity contribution is 0.135. The summed E-state index contributed by atoms with van der Waals surface area (Å²) in [4.78, 5) is 18.1. The predicted molar refractivity (Wildman–Crippen MR) is 119 cm³/mol. The SMILES string of the molecule is N#CCCN1[C@@H]2CC[C@H]1C[C@H](Nc1nc(Nc3ncc(CO)s3)c3ccsc3n1)C2. The van der Waals surface area contributed by atoms with Gasteiger partial charge in [0.2, 0.25) is 5.95 Å². The van der Waals surface area contributed by atoms with E-state index in [1.807, 2.05) is 11.4 Å². The summed E-state index contributed by atoms with van der Waals surface area (Å²) in [6.45, 7) is 0.868. The number of rotatable bonds is 7. The Hall–Kier alpha value is -2.32. The maximum Gasteiger partial charge on any atom is 0.226 e. The first-order valence-electron chi connectivity index (χ1n) is 10.2. The molecule has 3 aromatic rings. The van der Waals surface area contributed by atoms with Crippen molar-refractivity contribution in [3.8, 4) is 6.07 Å². The van der Waals surface area contributed by atoms with Crippen molar-refractivity contribution in [2.75, 3.05) is 17.2 Å². The highest BCUT2D eigenvalue weighted by atomic mass is 32.1. The lowest BCUT2D eigenvalue weighted by Crippen LogP contribution is -2.47. The summed E-state index contributed by atoms with van der Waals surface area (Å²) < 4.78 is 0. The van der Waals surface area contributed by atoms with Crippen LogP contribution in [-0.2, 0) is 6.61 Å². The molecule has 3 aromatic heterocycles. The first-order valence-corrected chi connectivity index (χ1v) is 11.9. The minimum absolute atomic E-state index is 0.0147. The van der Waals surface area contributed by atoms with Crippen LogP contribution < -0.4 is 10.6 Å². The molecule has 156 valence electrons. The van der Waals surface area contributed by atoms with Crippen LogP contribution in [0.25, 0.3) is 10.2 Å². The van der Waals surface area contributed by atoms with Gasteiger partial charge in [-0.3, -0.25) is 4.90 Å². The van der Waals surface area contributed by atoms with Crippen molar-refractivity contribution in [3.05, 3.63) is 22.5 Å². The lowest BCUT2D eigenvalue weighted by atomic mass is 9.97. The summed E-state index contributed by atoms with van der Waals surface area (Å²) in [7, 11) is 0. The van der Waals surface area contributed by atoms with E-state index in [0.717, 1.165) is 40.3 Å². The zero-order chi connectivity index (χ0) is 20.5. The van der Waals surface area contributed by atoms with Crippen molar-refractivity contribution in [2.24, 2.45) is 0 Å². The van der Waals surface area contributed by atoms with Crippen LogP contribution in [0, 0.1) is 11.3 Å². The summed E-state index contributed by atoms with van der Waals surface area (Å²) in [6, 6.07) is 5.73. The Bertz CT molecular complexity index is 1060. The van der Waals surface area contributed by atoms with Crippen LogP contribution in [0.5, 0.6) is 0 Å². The summed E-state index contributed by atoms with van der Waals surface area (Å²) in [5.41, 5.74) is 0. The Kier molecular flexibility index (Phi) is 5.52. The Labute approximate surface area is 182 Å². The standard InChI is InChI=1S/C20H23N7OS2/c21-5-1-6-27-13-2-3-14(27)9-12(8-13)23-19-24-17(16-4-7-29-18(16)26-19)25-20-22-10-15(11-28)30-20/h4,7,10,12-14,28H,1-3,6,8-9,11H2,(H2,22,23,24,25,26)/t12-,13-,14+. The fourth-order valence-corrected chi connectivity index (χ4v) is 6.11. The van der Waals surface area contributed by atoms with Crippen LogP contribution in [0.3, 0.4) is 0 Å². The Morgan fingerprint density at radius 3 is 2.83 bits per heavy atom. The Morgan fingerprint density at radius 1 is 1.27 bits per heavy atom. The normalized spacial score (nSPS) is 23.5. The Balaban J connectivity index is 1.33. The molecule has 8 nitrogen and oxygen atoms in total. The van der Waals surface area contributed by atoms with Crippen LogP contribution in [0.2, 0.25) is 0 Å². The fraction of sp³-hybridized carbons (Fsp3) is 0.500. The molecule has 5 rings (SSSR count). The molecule has 5 heterocycles. The van der Waals surface area contributed by atoms with E-state index in [0.29, 0.717) is 35.6 Å². The topological polar surface area (TPSA) is 110 Å². The maximum absolute atomic E-state index is 9.29. The molecule has 0 aromatic carbocycles. The quantitative estimate of drug-likeness (QED) is 0.509. The molecule has 2 aliphatic rings. The first-order chi connectivity index (χ1) is 14.7. The predicted octanol–water partition coefficient (Wildman–Crippen LogP) is 3.70. The van der Waals surface area contributed by atoms with Gasteiger partial charge in [-0.2, -0.15) is 10.2 Å². The van der Waals surface area contributed by atoms with E-state index in [1.165, 1.54) is 24.2 Å². The fourth-order valence-electron chi connectivity index (χ4n) is 4.67. The zero-order valence-corrected chi connectivity index (χ0v) is 18.0. The smallest absolute Gasteiger partial charge is 0.226 e. The minimum Gasteiger partial charge on any atom is -0.391 e. The van der Waals surface area contributed by atoms with E-state index in [1.54, 1.807) is 17.5 Å². The molecule has 30 heavy (non-hydrogen) atoms. The molecule has 10 heteroatoms. The van der Waals surface area contributed by atoms with E-state index in [4.69, 9.17) is 15.2 Å². The molecule has 0 spiro atoms.